The number of benzene rings is 2. The fourth-order valence-electron chi connectivity index (χ4n) is 3.77. The maximum Gasteiger partial charge on any atom is 0.314 e. The molecule has 0 aromatic heterocycles. The van der Waals surface area contributed by atoms with Crippen LogP contribution >= 0.6 is 0 Å². The Bertz CT molecular complexity index is 734. The van der Waals surface area contributed by atoms with Crippen LogP contribution in [0.2, 0.25) is 0 Å². The lowest BCUT2D eigenvalue weighted by Gasteiger charge is -2.39. The van der Waals surface area contributed by atoms with E-state index in [-0.39, 0.29) is 5.91 Å². The summed E-state index contributed by atoms with van der Waals surface area (Å²) in [6, 6.07) is 19.6. The lowest BCUT2D eigenvalue weighted by atomic mass is 9.73. The quantitative estimate of drug-likeness (QED) is 0.864. The Morgan fingerprint density at radius 3 is 2.08 bits per heavy atom. The molecule has 1 saturated heterocycles. The molecule has 4 heteroatoms. The monoisotopic (exact) mass is 351 g/mol. The number of aryl methyl sites for hydroxylation is 1. The molecule has 1 aliphatic rings. The summed E-state index contributed by atoms with van der Waals surface area (Å²) in [5.41, 5.74) is 1.21. The SMILES string of the molecule is O=C(CCCc1ccccc1)N1CCC(C(=O)O)(c2ccccc2)CC1. The molecule has 2 aromatic carbocycles. The van der Waals surface area contributed by atoms with Crippen molar-refractivity contribution in [2.24, 2.45) is 0 Å². The first kappa shape index (κ1) is 18.2. The standard InChI is InChI=1S/C22H25NO3/c24-20(13-7-10-18-8-3-1-4-9-18)23-16-14-22(15-17-23,21(25)26)19-11-5-2-6-12-19/h1-6,8-9,11-12H,7,10,13-17H2,(H,25,26). The van der Waals surface area contributed by atoms with Crippen LogP contribution < -0.4 is 0 Å². The number of likely N-dealkylation sites (tertiary alicyclic amines) is 1. The molecule has 1 fully saturated rings. The normalized spacial score (nSPS) is 16.2. The molecule has 0 radical (unpaired) electrons. The second-order valence-corrected chi connectivity index (χ2v) is 6.97. The van der Waals surface area contributed by atoms with Gasteiger partial charge in [-0.05, 0) is 36.8 Å². The first-order valence-corrected chi connectivity index (χ1v) is 9.22. The van der Waals surface area contributed by atoms with E-state index < -0.39 is 11.4 Å². The Hall–Kier alpha value is -2.62. The van der Waals surface area contributed by atoms with Crippen LogP contribution in [0.15, 0.2) is 60.7 Å². The summed E-state index contributed by atoms with van der Waals surface area (Å²) in [5.74, 6) is -0.659. The van der Waals surface area contributed by atoms with Crippen molar-refractivity contribution in [3.8, 4) is 0 Å². The third kappa shape index (κ3) is 3.96. The van der Waals surface area contributed by atoms with Crippen molar-refractivity contribution in [1.82, 2.24) is 4.90 Å². The summed E-state index contributed by atoms with van der Waals surface area (Å²) in [5, 5.41) is 9.83. The number of nitrogens with zero attached hydrogens (tertiary/aromatic N) is 1. The molecule has 4 nitrogen and oxygen atoms in total. The number of carbonyl (C=O) groups excluding carboxylic acids is 1. The Balaban J connectivity index is 1.55. The van der Waals surface area contributed by atoms with E-state index >= 15 is 0 Å². The van der Waals surface area contributed by atoms with Crippen LogP contribution in [0, 0.1) is 0 Å². The summed E-state index contributed by atoms with van der Waals surface area (Å²) in [6.07, 6.45) is 3.17. The van der Waals surface area contributed by atoms with E-state index in [1.165, 1.54) is 5.56 Å². The highest BCUT2D eigenvalue weighted by molar-refractivity contribution is 5.82. The molecule has 1 aliphatic heterocycles. The van der Waals surface area contributed by atoms with Crippen molar-refractivity contribution in [3.05, 3.63) is 71.8 Å². The maximum absolute atomic E-state index is 12.5. The van der Waals surface area contributed by atoms with Crippen molar-refractivity contribution in [2.75, 3.05) is 13.1 Å². The molecule has 0 unspecified atom stereocenters. The fraction of sp³-hybridized carbons (Fsp3) is 0.364. The van der Waals surface area contributed by atoms with Crippen molar-refractivity contribution in [1.29, 1.82) is 0 Å². The number of rotatable bonds is 6. The highest BCUT2D eigenvalue weighted by atomic mass is 16.4. The zero-order valence-electron chi connectivity index (χ0n) is 14.9. The highest BCUT2D eigenvalue weighted by Gasteiger charge is 2.43. The number of hydrogen-bond acceptors (Lipinski definition) is 2. The smallest absolute Gasteiger partial charge is 0.314 e. The van der Waals surface area contributed by atoms with Gasteiger partial charge in [-0.2, -0.15) is 0 Å². The lowest BCUT2D eigenvalue weighted by Crippen LogP contribution is -2.49. The molecule has 1 amide bonds. The summed E-state index contributed by atoms with van der Waals surface area (Å²) >= 11 is 0. The minimum absolute atomic E-state index is 0.132. The Kier molecular flexibility index (Phi) is 5.71. The lowest BCUT2D eigenvalue weighted by molar-refractivity contribution is -0.148. The molecular weight excluding hydrogens is 326 g/mol. The van der Waals surface area contributed by atoms with Crippen LogP contribution in [0.1, 0.15) is 36.8 Å². The van der Waals surface area contributed by atoms with E-state index in [0.717, 1.165) is 18.4 Å². The average Bonchev–Trinajstić information content (AvgIpc) is 2.69. The van der Waals surface area contributed by atoms with Gasteiger partial charge in [0.2, 0.25) is 5.91 Å². The van der Waals surface area contributed by atoms with Crippen LogP contribution in [0.4, 0.5) is 0 Å². The van der Waals surface area contributed by atoms with Gasteiger partial charge in [-0.3, -0.25) is 9.59 Å². The van der Waals surface area contributed by atoms with Gasteiger partial charge in [0, 0.05) is 19.5 Å². The number of carboxylic acid groups (broad SMARTS) is 1. The van der Waals surface area contributed by atoms with Gasteiger partial charge in [0.15, 0.2) is 0 Å². The number of piperidine rings is 1. The molecule has 0 bridgehead atoms. The predicted molar refractivity (Wildman–Crippen MR) is 101 cm³/mol. The second-order valence-electron chi connectivity index (χ2n) is 6.97. The zero-order chi connectivity index (χ0) is 18.4. The van der Waals surface area contributed by atoms with Crippen LogP contribution in [0.25, 0.3) is 0 Å². The molecule has 3 rings (SSSR count). The Labute approximate surface area is 154 Å². The van der Waals surface area contributed by atoms with Gasteiger partial charge in [0.05, 0.1) is 5.41 Å². The predicted octanol–water partition coefficient (Wildman–Crippen LogP) is 3.65. The molecular formula is C22H25NO3. The van der Waals surface area contributed by atoms with E-state index in [2.05, 4.69) is 12.1 Å². The summed E-state index contributed by atoms with van der Waals surface area (Å²) in [4.78, 5) is 26.3. The number of carbonyl (C=O) groups is 2. The van der Waals surface area contributed by atoms with Gasteiger partial charge in [-0.15, -0.1) is 0 Å². The van der Waals surface area contributed by atoms with Gasteiger partial charge in [0.25, 0.3) is 0 Å². The summed E-state index contributed by atoms with van der Waals surface area (Å²) in [6.45, 7) is 1.01. The fourth-order valence-corrected chi connectivity index (χ4v) is 3.77. The molecule has 1 N–H and O–H groups in total. The van der Waals surface area contributed by atoms with Crippen molar-refractivity contribution in [3.63, 3.8) is 0 Å². The minimum atomic E-state index is -0.873. The van der Waals surface area contributed by atoms with Crippen LogP contribution in [0.5, 0.6) is 0 Å². The zero-order valence-corrected chi connectivity index (χ0v) is 14.9. The molecule has 1 heterocycles. The van der Waals surface area contributed by atoms with E-state index in [1.54, 1.807) is 0 Å². The van der Waals surface area contributed by atoms with Crippen molar-refractivity contribution in [2.45, 2.75) is 37.5 Å². The van der Waals surface area contributed by atoms with E-state index in [4.69, 9.17) is 0 Å². The van der Waals surface area contributed by atoms with Crippen LogP contribution in [0.3, 0.4) is 0 Å². The first-order chi connectivity index (χ1) is 12.6. The number of aliphatic carboxylic acids is 1. The topological polar surface area (TPSA) is 57.6 Å². The van der Waals surface area contributed by atoms with E-state index in [1.807, 2.05) is 53.4 Å². The van der Waals surface area contributed by atoms with E-state index in [0.29, 0.717) is 32.4 Å². The third-order valence-electron chi connectivity index (χ3n) is 5.40. The summed E-state index contributed by atoms with van der Waals surface area (Å²) < 4.78 is 0. The maximum atomic E-state index is 12.5. The average molecular weight is 351 g/mol. The van der Waals surface area contributed by atoms with E-state index in [9.17, 15) is 14.7 Å². The number of carboxylic acids is 1. The number of hydrogen-bond donors (Lipinski definition) is 1. The van der Waals surface area contributed by atoms with Gasteiger partial charge in [0.1, 0.15) is 0 Å². The molecule has 0 saturated carbocycles. The van der Waals surface area contributed by atoms with Gasteiger partial charge in [-0.25, -0.2) is 0 Å². The second kappa shape index (κ2) is 8.17. The highest BCUT2D eigenvalue weighted by Crippen LogP contribution is 2.36. The number of amides is 1. The Morgan fingerprint density at radius 2 is 1.50 bits per heavy atom. The molecule has 136 valence electrons. The third-order valence-corrected chi connectivity index (χ3v) is 5.40. The largest absolute Gasteiger partial charge is 0.481 e. The Morgan fingerprint density at radius 1 is 0.923 bits per heavy atom. The first-order valence-electron chi connectivity index (χ1n) is 9.22. The molecule has 0 spiro atoms. The van der Waals surface area contributed by atoms with Gasteiger partial charge < -0.3 is 10.0 Å². The minimum Gasteiger partial charge on any atom is -0.481 e. The van der Waals surface area contributed by atoms with Crippen LogP contribution in [-0.4, -0.2) is 35.0 Å². The van der Waals surface area contributed by atoms with Crippen molar-refractivity contribution >= 4 is 11.9 Å². The molecule has 0 aliphatic carbocycles. The van der Waals surface area contributed by atoms with Gasteiger partial charge >= 0.3 is 5.97 Å². The molecule has 0 atom stereocenters. The van der Waals surface area contributed by atoms with Gasteiger partial charge in [-0.1, -0.05) is 60.7 Å². The molecule has 2 aromatic rings. The molecule has 26 heavy (non-hydrogen) atoms. The van der Waals surface area contributed by atoms with Crippen molar-refractivity contribution < 1.29 is 14.7 Å². The van der Waals surface area contributed by atoms with Crippen LogP contribution in [-0.2, 0) is 21.4 Å². The summed E-state index contributed by atoms with van der Waals surface area (Å²) in [7, 11) is 0.